The maximum absolute atomic E-state index is 11.4. The van der Waals surface area contributed by atoms with E-state index in [9.17, 15) is 4.79 Å². The maximum atomic E-state index is 11.4. The Hall–Kier alpha value is -2.33. The van der Waals surface area contributed by atoms with E-state index in [1.807, 2.05) is 43.4 Å². The van der Waals surface area contributed by atoms with Crippen LogP contribution in [-0.4, -0.2) is 13.0 Å². The van der Waals surface area contributed by atoms with Crippen LogP contribution in [0.25, 0.3) is 0 Å². The number of benzene rings is 2. The molecule has 4 nitrogen and oxygen atoms in total. The van der Waals surface area contributed by atoms with Gasteiger partial charge in [-0.3, -0.25) is 4.79 Å². The van der Waals surface area contributed by atoms with E-state index in [0.29, 0.717) is 12.2 Å². The van der Waals surface area contributed by atoms with Crippen molar-refractivity contribution in [3.63, 3.8) is 0 Å². The smallest absolute Gasteiger partial charge is 0.249 e. The molecule has 0 aliphatic carbocycles. The lowest BCUT2D eigenvalue weighted by Gasteiger charge is -2.12. The molecule has 0 unspecified atom stereocenters. The lowest BCUT2D eigenvalue weighted by atomic mass is 10.1. The van der Waals surface area contributed by atoms with Crippen LogP contribution in [0.3, 0.4) is 0 Å². The fourth-order valence-corrected chi connectivity index (χ4v) is 2.02. The molecule has 0 heterocycles. The number of hydrogen-bond donors (Lipinski definition) is 2. The molecular formula is C16H18N2O2. The molecule has 2 rings (SSSR count). The Morgan fingerprint density at radius 2 is 1.75 bits per heavy atom. The van der Waals surface area contributed by atoms with Crippen molar-refractivity contribution in [1.82, 2.24) is 5.32 Å². The highest BCUT2D eigenvalue weighted by molar-refractivity contribution is 5.94. The number of para-hydroxylation sites is 1. The zero-order chi connectivity index (χ0) is 14.4. The molecule has 0 saturated heterocycles. The predicted octanol–water partition coefficient (Wildman–Crippen LogP) is 2.08. The number of ether oxygens (including phenoxy) is 1. The van der Waals surface area contributed by atoms with Crippen molar-refractivity contribution >= 4 is 5.91 Å². The number of carbonyl (C=O) groups excluding carboxylic acids is 1. The highest BCUT2D eigenvalue weighted by Crippen LogP contribution is 2.20. The molecule has 0 spiro atoms. The average molecular weight is 270 g/mol. The Kier molecular flexibility index (Phi) is 4.74. The molecule has 20 heavy (non-hydrogen) atoms. The molecule has 4 heteroatoms. The average Bonchev–Trinajstić information content (AvgIpc) is 2.47. The first kappa shape index (κ1) is 14.1. The molecule has 2 aromatic carbocycles. The van der Waals surface area contributed by atoms with Crippen molar-refractivity contribution in [1.29, 1.82) is 0 Å². The fraction of sp³-hybridized carbons (Fsp3) is 0.188. The van der Waals surface area contributed by atoms with Crippen LogP contribution < -0.4 is 15.8 Å². The molecule has 0 aliphatic heterocycles. The summed E-state index contributed by atoms with van der Waals surface area (Å²) in [6.45, 7) is 1.05. The van der Waals surface area contributed by atoms with Crippen LogP contribution in [-0.2, 0) is 13.2 Å². The fourth-order valence-electron chi connectivity index (χ4n) is 2.02. The van der Waals surface area contributed by atoms with Gasteiger partial charge < -0.3 is 15.8 Å². The van der Waals surface area contributed by atoms with Crippen LogP contribution >= 0.6 is 0 Å². The summed E-state index contributed by atoms with van der Waals surface area (Å²) in [6, 6.07) is 15.0. The lowest BCUT2D eigenvalue weighted by molar-refractivity contribution is 0.0998. The van der Waals surface area contributed by atoms with E-state index in [1.54, 1.807) is 12.1 Å². The van der Waals surface area contributed by atoms with Gasteiger partial charge in [0.25, 0.3) is 0 Å². The topological polar surface area (TPSA) is 64.3 Å². The second-order valence-corrected chi connectivity index (χ2v) is 4.45. The molecule has 0 radical (unpaired) electrons. The molecule has 0 bridgehead atoms. The van der Waals surface area contributed by atoms with Crippen LogP contribution in [0.5, 0.6) is 5.75 Å². The molecule has 0 aliphatic rings. The highest BCUT2D eigenvalue weighted by atomic mass is 16.5. The van der Waals surface area contributed by atoms with Gasteiger partial charge in [-0.25, -0.2) is 0 Å². The molecule has 3 N–H and O–H groups in total. The van der Waals surface area contributed by atoms with Gasteiger partial charge in [0.05, 0.1) is 0 Å². The van der Waals surface area contributed by atoms with Gasteiger partial charge in [-0.15, -0.1) is 0 Å². The lowest BCUT2D eigenvalue weighted by Crippen LogP contribution is -2.15. The van der Waals surface area contributed by atoms with Crippen molar-refractivity contribution in [2.24, 2.45) is 5.73 Å². The van der Waals surface area contributed by atoms with Gasteiger partial charge in [-0.05, 0) is 19.2 Å². The van der Waals surface area contributed by atoms with Crippen molar-refractivity contribution in [3.8, 4) is 5.75 Å². The summed E-state index contributed by atoms with van der Waals surface area (Å²) in [5.41, 5.74) is 7.72. The summed E-state index contributed by atoms with van der Waals surface area (Å²) in [5.74, 6) is 0.369. The number of amides is 1. The zero-order valence-corrected chi connectivity index (χ0v) is 11.4. The number of carbonyl (C=O) groups is 1. The Labute approximate surface area is 118 Å². The highest BCUT2D eigenvalue weighted by Gasteiger charge is 2.08. The second-order valence-electron chi connectivity index (χ2n) is 4.45. The van der Waals surface area contributed by atoms with E-state index in [0.717, 1.165) is 23.4 Å². The quantitative estimate of drug-likeness (QED) is 0.844. The first-order chi connectivity index (χ1) is 9.72. The van der Waals surface area contributed by atoms with E-state index in [-0.39, 0.29) is 0 Å². The number of rotatable bonds is 6. The van der Waals surface area contributed by atoms with Crippen molar-refractivity contribution in [2.75, 3.05) is 7.05 Å². The minimum absolute atomic E-state index is 0.319. The third-order valence-corrected chi connectivity index (χ3v) is 3.01. The van der Waals surface area contributed by atoms with Crippen LogP contribution in [0.2, 0.25) is 0 Å². The molecule has 0 saturated carbocycles. The third kappa shape index (κ3) is 3.36. The van der Waals surface area contributed by atoms with E-state index in [4.69, 9.17) is 10.5 Å². The molecule has 2 aromatic rings. The van der Waals surface area contributed by atoms with E-state index >= 15 is 0 Å². The van der Waals surface area contributed by atoms with E-state index in [1.165, 1.54) is 0 Å². The summed E-state index contributed by atoms with van der Waals surface area (Å²) >= 11 is 0. The summed E-state index contributed by atoms with van der Waals surface area (Å²) in [6.07, 6.45) is 0. The van der Waals surface area contributed by atoms with Gasteiger partial charge in [0, 0.05) is 23.2 Å². The van der Waals surface area contributed by atoms with E-state index < -0.39 is 5.91 Å². The predicted molar refractivity (Wildman–Crippen MR) is 78.5 cm³/mol. The van der Waals surface area contributed by atoms with E-state index in [2.05, 4.69) is 5.32 Å². The Balaban J connectivity index is 2.15. The Morgan fingerprint density at radius 3 is 2.45 bits per heavy atom. The van der Waals surface area contributed by atoms with Crippen molar-refractivity contribution in [3.05, 3.63) is 65.2 Å². The largest absolute Gasteiger partial charge is 0.489 e. The van der Waals surface area contributed by atoms with Gasteiger partial charge in [-0.2, -0.15) is 0 Å². The van der Waals surface area contributed by atoms with Gasteiger partial charge in [0.15, 0.2) is 0 Å². The summed E-state index contributed by atoms with van der Waals surface area (Å²) < 4.78 is 5.82. The number of nitrogens with one attached hydrogen (secondary N) is 1. The molecular weight excluding hydrogens is 252 g/mol. The minimum Gasteiger partial charge on any atom is -0.489 e. The Bertz CT molecular complexity index is 597. The van der Waals surface area contributed by atoms with Gasteiger partial charge in [0.1, 0.15) is 12.4 Å². The zero-order valence-electron chi connectivity index (χ0n) is 11.4. The normalized spacial score (nSPS) is 10.2. The molecule has 0 fully saturated rings. The first-order valence-electron chi connectivity index (χ1n) is 6.45. The van der Waals surface area contributed by atoms with Crippen LogP contribution in [0.1, 0.15) is 21.5 Å². The standard InChI is InChI=1S/C16H18N2O2/c1-18-10-12-6-3-5-9-15(12)20-11-13-7-2-4-8-14(13)16(17)19/h2-9,18H,10-11H2,1H3,(H2,17,19). The summed E-state index contributed by atoms with van der Waals surface area (Å²) in [7, 11) is 1.89. The van der Waals surface area contributed by atoms with Crippen LogP contribution in [0.15, 0.2) is 48.5 Å². The number of primary amides is 1. The van der Waals surface area contributed by atoms with Crippen LogP contribution in [0.4, 0.5) is 0 Å². The second kappa shape index (κ2) is 6.73. The molecule has 104 valence electrons. The monoisotopic (exact) mass is 270 g/mol. The maximum Gasteiger partial charge on any atom is 0.249 e. The summed E-state index contributed by atoms with van der Waals surface area (Å²) in [5, 5.41) is 3.10. The first-order valence-corrected chi connectivity index (χ1v) is 6.45. The number of hydrogen-bond acceptors (Lipinski definition) is 3. The van der Waals surface area contributed by atoms with Crippen molar-refractivity contribution < 1.29 is 9.53 Å². The minimum atomic E-state index is -0.437. The van der Waals surface area contributed by atoms with Gasteiger partial charge >= 0.3 is 0 Å². The summed E-state index contributed by atoms with van der Waals surface area (Å²) in [4.78, 5) is 11.4. The third-order valence-electron chi connectivity index (χ3n) is 3.01. The molecule has 0 aromatic heterocycles. The Morgan fingerprint density at radius 1 is 1.10 bits per heavy atom. The SMILES string of the molecule is CNCc1ccccc1OCc1ccccc1C(N)=O. The van der Waals surface area contributed by atoms with Crippen molar-refractivity contribution in [2.45, 2.75) is 13.2 Å². The molecule has 1 amide bonds. The van der Waals surface area contributed by atoms with Crippen LogP contribution in [0, 0.1) is 0 Å². The van der Waals surface area contributed by atoms with Gasteiger partial charge in [0.2, 0.25) is 5.91 Å². The molecule has 0 atom stereocenters. The van der Waals surface area contributed by atoms with Gasteiger partial charge in [-0.1, -0.05) is 36.4 Å². The number of nitrogens with two attached hydrogens (primary N) is 1.